The number of hydrogen-bond acceptors (Lipinski definition) is 11. The maximum Gasteiger partial charge on any atom is 0.348 e. The molecule has 1 aliphatic heterocycles. The van der Waals surface area contributed by atoms with Crippen molar-refractivity contribution < 1.29 is 44.2 Å². The number of halogens is 1. The minimum Gasteiger partial charge on any atom is -0.479 e. The molecule has 0 amide bonds. The summed E-state index contributed by atoms with van der Waals surface area (Å²) in [5.41, 5.74) is -1.84. The van der Waals surface area contributed by atoms with E-state index in [2.05, 4.69) is 26.2 Å². The van der Waals surface area contributed by atoms with Crippen LogP contribution in [-0.4, -0.2) is 102 Å². The third-order valence-electron chi connectivity index (χ3n) is 6.71. The first kappa shape index (κ1) is 31.1. The lowest BCUT2D eigenvalue weighted by Crippen LogP contribution is -2.52. The summed E-state index contributed by atoms with van der Waals surface area (Å²) in [7, 11) is 0. The fourth-order valence-electron chi connectivity index (χ4n) is 4.45. The van der Waals surface area contributed by atoms with Gasteiger partial charge >= 0.3 is 11.9 Å². The van der Waals surface area contributed by atoms with Crippen molar-refractivity contribution >= 4 is 40.5 Å². The molecule has 0 unspecified atom stereocenters. The predicted octanol–water partition coefficient (Wildman–Crippen LogP) is 1.11. The number of aromatic nitrogens is 4. The number of benzene rings is 1. The molecule has 3 heterocycles. The van der Waals surface area contributed by atoms with Crippen molar-refractivity contribution in [2.45, 2.75) is 49.3 Å². The van der Waals surface area contributed by atoms with Crippen molar-refractivity contribution in [3.05, 3.63) is 47.5 Å². The molecule has 3 atom stereocenters. The van der Waals surface area contributed by atoms with E-state index in [1.54, 1.807) is 30.3 Å². The standard InChI is InChI=1S/C27H30ClN5O9/c1-2-19(35)23(33-15-29-20-21(31-26(28)32-22(20)33)30-17-8-10-40-11-9-17)42-18(13-34)14-41-27(24(36)37,25(38)39)12-16-6-4-3-5-7-16/h1,3-7,15,17-19,23,34-35H,8-14H2,(H,36,37)(H,38,39)(H,30,31,32)/t18-,19+,23+/m0/s1. The number of fused-ring (bicyclic) bond motifs is 1. The number of rotatable bonds is 14. The van der Waals surface area contributed by atoms with Crippen LogP contribution in [0.15, 0.2) is 36.7 Å². The highest BCUT2D eigenvalue weighted by atomic mass is 35.5. The van der Waals surface area contributed by atoms with Gasteiger partial charge in [0.05, 0.1) is 19.5 Å². The summed E-state index contributed by atoms with van der Waals surface area (Å²) in [5, 5.41) is 43.6. The van der Waals surface area contributed by atoms with E-state index >= 15 is 0 Å². The molecular weight excluding hydrogens is 574 g/mol. The van der Waals surface area contributed by atoms with Crippen LogP contribution >= 0.6 is 11.6 Å². The Morgan fingerprint density at radius 2 is 1.90 bits per heavy atom. The maximum atomic E-state index is 12.2. The van der Waals surface area contributed by atoms with Crippen molar-refractivity contribution in [2.75, 3.05) is 31.7 Å². The number of imidazole rings is 1. The molecule has 1 fully saturated rings. The summed E-state index contributed by atoms with van der Waals surface area (Å²) in [5.74, 6) is -0.990. The fraction of sp³-hybridized carbons (Fsp3) is 0.444. The van der Waals surface area contributed by atoms with Gasteiger partial charge in [-0.05, 0) is 30.0 Å². The number of aliphatic hydroxyl groups excluding tert-OH is 2. The second kappa shape index (κ2) is 13.9. The number of anilines is 1. The van der Waals surface area contributed by atoms with E-state index in [0.717, 1.165) is 12.8 Å². The van der Waals surface area contributed by atoms with Gasteiger partial charge in [-0.2, -0.15) is 9.97 Å². The predicted molar refractivity (Wildman–Crippen MR) is 148 cm³/mol. The highest BCUT2D eigenvalue weighted by Crippen LogP contribution is 2.28. The van der Waals surface area contributed by atoms with Crippen molar-refractivity contribution in [3.8, 4) is 12.3 Å². The summed E-state index contributed by atoms with van der Waals surface area (Å²) < 4.78 is 18.0. The largest absolute Gasteiger partial charge is 0.479 e. The summed E-state index contributed by atoms with van der Waals surface area (Å²) in [4.78, 5) is 37.1. The molecule has 0 spiro atoms. The molecule has 1 saturated heterocycles. The van der Waals surface area contributed by atoms with E-state index in [1.807, 2.05) is 0 Å². The summed E-state index contributed by atoms with van der Waals surface area (Å²) in [6.45, 7) is -0.263. The summed E-state index contributed by atoms with van der Waals surface area (Å²) in [6, 6.07) is 8.13. The Hall–Kier alpha value is -3.84. The molecule has 1 aliphatic rings. The lowest BCUT2D eigenvalue weighted by Gasteiger charge is -2.30. The molecular formula is C27H30ClN5O9. The molecule has 5 N–H and O–H groups in total. The number of carboxylic acids is 2. The van der Waals surface area contributed by atoms with Gasteiger partial charge in [0.15, 0.2) is 29.3 Å². The van der Waals surface area contributed by atoms with Crippen molar-refractivity contribution in [1.82, 2.24) is 19.5 Å². The number of carboxylic acid groups (broad SMARTS) is 2. The molecule has 3 aromatic rings. The van der Waals surface area contributed by atoms with Gasteiger partial charge in [0, 0.05) is 25.7 Å². The zero-order valence-corrected chi connectivity index (χ0v) is 23.1. The number of hydrogen-bond donors (Lipinski definition) is 5. The van der Waals surface area contributed by atoms with Gasteiger partial charge in [-0.15, -0.1) is 6.42 Å². The average Bonchev–Trinajstić information content (AvgIpc) is 3.40. The lowest BCUT2D eigenvalue weighted by molar-refractivity contribution is -0.195. The minimum absolute atomic E-state index is 0.0527. The fourth-order valence-corrected chi connectivity index (χ4v) is 4.62. The quantitative estimate of drug-likeness (QED) is 0.0998. The zero-order chi connectivity index (χ0) is 30.3. The van der Waals surface area contributed by atoms with E-state index in [9.17, 15) is 30.0 Å². The number of aliphatic carboxylic acids is 2. The number of ether oxygens (including phenoxy) is 3. The van der Waals surface area contributed by atoms with Crippen LogP contribution in [-0.2, 0) is 30.2 Å². The SMILES string of the molecule is C#C[C@@H](O)[C@@H](O[C@@H](CO)COC(Cc1ccccc1)(C(=O)O)C(=O)O)n1cnc2c(NC3CCOCC3)nc(Cl)nc21. The average molecular weight is 604 g/mol. The molecule has 15 heteroatoms. The molecule has 224 valence electrons. The molecule has 14 nitrogen and oxygen atoms in total. The highest BCUT2D eigenvalue weighted by molar-refractivity contribution is 6.28. The van der Waals surface area contributed by atoms with Gasteiger partial charge in [-0.1, -0.05) is 36.3 Å². The third kappa shape index (κ3) is 6.96. The van der Waals surface area contributed by atoms with E-state index in [-0.39, 0.29) is 17.0 Å². The molecule has 0 bridgehead atoms. The zero-order valence-electron chi connectivity index (χ0n) is 22.3. The van der Waals surface area contributed by atoms with E-state index in [1.165, 1.54) is 10.9 Å². The minimum atomic E-state index is -2.69. The van der Waals surface area contributed by atoms with Crippen LogP contribution in [0.5, 0.6) is 0 Å². The van der Waals surface area contributed by atoms with Gasteiger partial charge in [0.2, 0.25) is 5.28 Å². The van der Waals surface area contributed by atoms with Crippen LogP contribution in [0.25, 0.3) is 11.2 Å². The van der Waals surface area contributed by atoms with Gasteiger partial charge in [-0.3, -0.25) is 4.57 Å². The monoisotopic (exact) mass is 603 g/mol. The number of nitrogens with one attached hydrogen (secondary N) is 1. The van der Waals surface area contributed by atoms with Crippen LogP contribution in [0.3, 0.4) is 0 Å². The Labute approximate surface area is 245 Å². The first-order valence-corrected chi connectivity index (χ1v) is 13.4. The first-order valence-electron chi connectivity index (χ1n) is 13.0. The van der Waals surface area contributed by atoms with Gasteiger partial charge < -0.3 is 40.0 Å². The molecule has 2 aromatic heterocycles. The van der Waals surface area contributed by atoms with Crippen LogP contribution in [0.1, 0.15) is 24.6 Å². The Bertz CT molecular complexity index is 1410. The molecule has 42 heavy (non-hydrogen) atoms. The number of nitrogens with zero attached hydrogens (tertiary/aromatic N) is 4. The molecule has 4 rings (SSSR count). The van der Waals surface area contributed by atoms with E-state index < -0.39 is 55.6 Å². The van der Waals surface area contributed by atoms with Crippen LogP contribution in [0.4, 0.5) is 5.82 Å². The van der Waals surface area contributed by atoms with E-state index in [0.29, 0.717) is 30.1 Å². The molecule has 0 saturated carbocycles. The Balaban J connectivity index is 1.59. The number of carbonyl (C=O) groups is 2. The lowest BCUT2D eigenvalue weighted by atomic mass is 9.94. The molecule has 0 aliphatic carbocycles. The Morgan fingerprint density at radius 1 is 1.21 bits per heavy atom. The number of aliphatic hydroxyl groups is 2. The molecule has 1 aromatic carbocycles. The summed E-state index contributed by atoms with van der Waals surface area (Å²) >= 11 is 6.20. The normalized spacial score (nSPS) is 16.4. The Kier molecular flexibility index (Phi) is 10.3. The topological polar surface area (TPSA) is 198 Å². The second-order valence-corrected chi connectivity index (χ2v) is 9.89. The van der Waals surface area contributed by atoms with Gasteiger partial charge in [0.25, 0.3) is 5.60 Å². The third-order valence-corrected chi connectivity index (χ3v) is 6.88. The van der Waals surface area contributed by atoms with Gasteiger partial charge in [-0.25, -0.2) is 14.6 Å². The van der Waals surface area contributed by atoms with Crippen LogP contribution in [0, 0.1) is 12.3 Å². The molecule has 0 radical (unpaired) electrons. The van der Waals surface area contributed by atoms with Crippen molar-refractivity contribution in [2.24, 2.45) is 0 Å². The smallest absolute Gasteiger partial charge is 0.348 e. The van der Waals surface area contributed by atoms with Crippen LogP contribution in [0.2, 0.25) is 5.28 Å². The van der Waals surface area contributed by atoms with Gasteiger partial charge in [0.1, 0.15) is 6.10 Å². The van der Waals surface area contributed by atoms with Crippen molar-refractivity contribution in [3.63, 3.8) is 0 Å². The first-order chi connectivity index (χ1) is 20.2. The highest BCUT2D eigenvalue weighted by Gasteiger charge is 2.49. The van der Waals surface area contributed by atoms with E-state index in [4.69, 9.17) is 32.2 Å². The van der Waals surface area contributed by atoms with Crippen LogP contribution < -0.4 is 5.32 Å². The number of terminal acetylenes is 1. The Morgan fingerprint density at radius 3 is 2.52 bits per heavy atom. The van der Waals surface area contributed by atoms with Crippen molar-refractivity contribution in [1.29, 1.82) is 0 Å². The second-order valence-electron chi connectivity index (χ2n) is 9.55. The maximum absolute atomic E-state index is 12.2. The summed E-state index contributed by atoms with van der Waals surface area (Å²) in [6.07, 6.45) is 3.40.